The molecule has 0 saturated carbocycles. The van der Waals surface area contributed by atoms with Gasteiger partial charge in [-0.25, -0.2) is 9.82 Å². The van der Waals surface area contributed by atoms with Crippen LogP contribution in [0.25, 0.3) is 0 Å². The van der Waals surface area contributed by atoms with Gasteiger partial charge in [0.25, 0.3) is 0 Å². The van der Waals surface area contributed by atoms with Gasteiger partial charge in [0.1, 0.15) is 5.82 Å². The lowest BCUT2D eigenvalue weighted by molar-refractivity contribution is 0.615. The van der Waals surface area contributed by atoms with Gasteiger partial charge >= 0.3 is 0 Å². The molecule has 0 spiro atoms. The van der Waals surface area contributed by atoms with Crippen molar-refractivity contribution in [1.29, 1.82) is 0 Å². The van der Waals surface area contributed by atoms with E-state index in [2.05, 4.69) is 10.4 Å². The summed E-state index contributed by atoms with van der Waals surface area (Å²) in [6, 6.07) is 9.84. The molecule has 2 aromatic rings. The average molecular weight is 217 g/mol. The van der Waals surface area contributed by atoms with E-state index in [4.69, 9.17) is 5.84 Å². The Morgan fingerprint density at radius 3 is 2.12 bits per heavy atom. The van der Waals surface area contributed by atoms with Crippen LogP contribution >= 0.6 is 0 Å². The van der Waals surface area contributed by atoms with Gasteiger partial charge in [0.15, 0.2) is 0 Å². The van der Waals surface area contributed by atoms with Gasteiger partial charge in [-0.2, -0.15) is 0 Å². The fourth-order valence-electron chi connectivity index (χ4n) is 1.60. The molecular formula is C12H12FN3. The van der Waals surface area contributed by atoms with Crippen LogP contribution in [0.15, 0.2) is 48.8 Å². The molecule has 0 unspecified atom stereocenters. The number of halogens is 1. The molecule has 1 aromatic heterocycles. The lowest BCUT2D eigenvalue weighted by atomic mass is 10.0. The van der Waals surface area contributed by atoms with Gasteiger partial charge in [0.05, 0.1) is 6.04 Å². The molecule has 1 atom stereocenters. The van der Waals surface area contributed by atoms with Crippen LogP contribution in [0.1, 0.15) is 17.2 Å². The molecule has 0 aliphatic heterocycles. The van der Waals surface area contributed by atoms with E-state index < -0.39 is 0 Å². The van der Waals surface area contributed by atoms with Gasteiger partial charge in [-0.15, -0.1) is 0 Å². The normalized spacial score (nSPS) is 12.4. The maximum atomic E-state index is 12.8. The molecule has 0 aliphatic rings. The van der Waals surface area contributed by atoms with Crippen LogP contribution in [-0.4, -0.2) is 4.98 Å². The standard InChI is InChI=1S/C12H12FN3/c13-11-3-1-9(2-4-11)12(16-14)10-5-7-15-8-6-10/h1-8,12,16H,14H2/t12-/m1/s1. The molecule has 4 heteroatoms. The summed E-state index contributed by atoms with van der Waals surface area (Å²) in [5, 5.41) is 0. The molecule has 0 radical (unpaired) electrons. The largest absolute Gasteiger partial charge is 0.271 e. The van der Waals surface area contributed by atoms with Crippen molar-refractivity contribution in [3.8, 4) is 0 Å². The number of rotatable bonds is 3. The summed E-state index contributed by atoms with van der Waals surface area (Å²) in [5.74, 6) is 5.26. The highest BCUT2D eigenvalue weighted by Gasteiger charge is 2.11. The number of hydrogen-bond acceptors (Lipinski definition) is 3. The molecule has 1 heterocycles. The molecular weight excluding hydrogens is 205 g/mol. The van der Waals surface area contributed by atoms with Crippen molar-refractivity contribution in [2.24, 2.45) is 5.84 Å². The van der Waals surface area contributed by atoms with Crippen LogP contribution in [0.5, 0.6) is 0 Å². The molecule has 1 aromatic carbocycles. The second-order valence-corrected chi connectivity index (χ2v) is 3.43. The quantitative estimate of drug-likeness (QED) is 0.608. The summed E-state index contributed by atoms with van der Waals surface area (Å²) in [7, 11) is 0. The number of nitrogens with one attached hydrogen (secondary N) is 1. The van der Waals surface area contributed by atoms with Gasteiger partial charge < -0.3 is 0 Å². The zero-order chi connectivity index (χ0) is 11.4. The van der Waals surface area contributed by atoms with Crippen LogP contribution in [0.4, 0.5) is 4.39 Å². The third-order valence-corrected chi connectivity index (χ3v) is 2.41. The molecule has 0 fully saturated rings. The van der Waals surface area contributed by atoms with Crippen LogP contribution in [-0.2, 0) is 0 Å². The molecule has 0 aliphatic carbocycles. The van der Waals surface area contributed by atoms with Crippen molar-refractivity contribution < 1.29 is 4.39 Å². The zero-order valence-corrected chi connectivity index (χ0v) is 8.60. The Kier molecular flexibility index (Phi) is 3.24. The SMILES string of the molecule is NN[C@@H](c1ccncc1)c1ccc(F)cc1. The first-order valence-corrected chi connectivity index (χ1v) is 4.93. The first-order valence-electron chi connectivity index (χ1n) is 4.93. The highest BCUT2D eigenvalue weighted by atomic mass is 19.1. The number of benzene rings is 1. The first kappa shape index (κ1) is 10.7. The second kappa shape index (κ2) is 4.83. The number of aromatic nitrogens is 1. The number of pyridine rings is 1. The fourth-order valence-corrected chi connectivity index (χ4v) is 1.60. The smallest absolute Gasteiger partial charge is 0.123 e. The third-order valence-electron chi connectivity index (χ3n) is 2.41. The Morgan fingerprint density at radius 1 is 1.00 bits per heavy atom. The Morgan fingerprint density at radius 2 is 1.56 bits per heavy atom. The molecule has 3 N–H and O–H groups in total. The predicted octanol–water partition coefficient (Wildman–Crippen LogP) is 1.77. The highest BCUT2D eigenvalue weighted by molar-refractivity contribution is 5.30. The minimum Gasteiger partial charge on any atom is -0.271 e. The van der Waals surface area contributed by atoms with E-state index >= 15 is 0 Å². The van der Waals surface area contributed by atoms with E-state index in [1.165, 1.54) is 12.1 Å². The molecule has 0 bridgehead atoms. The Hall–Kier alpha value is -1.78. The average Bonchev–Trinajstić information content (AvgIpc) is 2.34. The molecule has 82 valence electrons. The predicted molar refractivity (Wildman–Crippen MR) is 59.8 cm³/mol. The minimum absolute atomic E-state index is 0.149. The molecule has 0 saturated heterocycles. The summed E-state index contributed by atoms with van der Waals surface area (Å²) >= 11 is 0. The van der Waals surface area contributed by atoms with E-state index in [1.54, 1.807) is 24.5 Å². The van der Waals surface area contributed by atoms with E-state index in [0.717, 1.165) is 11.1 Å². The Balaban J connectivity index is 2.33. The zero-order valence-electron chi connectivity index (χ0n) is 8.60. The van der Waals surface area contributed by atoms with Gasteiger partial charge in [-0.05, 0) is 35.4 Å². The van der Waals surface area contributed by atoms with Gasteiger partial charge in [-0.1, -0.05) is 12.1 Å². The number of hydrazine groups is 1. The summed E-state index contributed by atoms with van der Waals surface area (Å²) in [4.78, 5) is 3.94. The molecule has 0 amide bonds. The van der Waals surface area contributed by atoms with Crippen molar-refractivity contribution in [1.82, 2.24) is 10.4 Å². The van der Waals surface area contributed by atoms with Gasteiger partial charge in [0.2, 0.25) is 0 Å². The molecule has 16 heavy (non-hydrogen) atoms. The van der Waals surface area contributed by atoms with Gasteiger partial charge in [0, 0.05) is 12.4 Å². The molecule has 2 rings (SSSR count). The summed E-state index contributed by atoms with van der Waals surface area (Å²) in [6.45, 7) is 0. The Bertz CT molecular complexity index is 442. The van der Waals surface area contributed by atoms with E-state index in [-0.39, 0.29) is 11.9 Å². The number of nitrogens with zero attached hydrogens (tertiary/aromatic N) is 1. The lowest BCUT2D eigenvalue weighted by Crippen LogP contribution is -2.28. The second-order valence-electron chi connectivity index (χ2n) is 3.43. The topological polar surface area (TPSA) is 50.9 Å². The number of nitrogens with two attached hydrogens (primary N) is 1. The van der Waals surface area contributed by atoms with Crippen LogP contribution in [0, 0.1) is 5.82 Å². The highest BCUT2D eigenvalue weighted by Crippen LogP contribution is 2.20. The maximum absolute atomic E-state index is 12.8. The monoisotopic (exact) mass is 217 g/mol. The van der Waals surface area contributed by atoms with E-state index in [1.807, 2.05) is 12.1 Å². The van der Waals surface area contributed by atoms with E-state index in [0.29, 0.717) is 0 Å². The van der Waals surface area contributed by atoms with Crippen molar-refractivity contribution in [2.75, 3.05) is 0 Å². The van der Waals surface area contributed by atoms with Crippen molar-refractivity contribution >= 4 is 0 Å². The minimum atomic E-state index is -0.255. The van der Waals surface area contributed by atoms with Crippen molar-refractivity contribution in [2.45, 2.75) is 6.04 Å². The summed E-state index contributed by atoms with van der Waals surface area (Å²) in [6.07, 6.45) is 3.40. The van der Waals surface area contributed by atoms with Crippen molar-refractivity contribution in [3.63, 3.8) is 0 Å². The summed E-state index contributed by atoms with van der Waals surface area (Å²) in [5.41, 5.74) is 4.61. The summed E-state index contributed by atoms with van der Waals surface area (Å²) < 4.78 is 12.8. The maximum Gasteiger partial charge on any atom is 0.123 e. The first-order chi connectivity index (χ1) is 7.81. The molecule has 3 nitrogen and oxygen atoms in total. The van der Waals surface area contributed by atoms with Gasteiger partial charge in [-0.3, -0.25) is 10.8 Å². The fraction of sp³-hybridized carbons (Fsp3) is 0.0833. The Labute approximate surface area is 93.1 Å². The van der Waals surface area contributed by atoms with Crippen LogP contribution in [0.3, 0.4) is 0 Å². The van der Waals surface area contributed by atoms with Crippen LogP contribution < -0.4 is 11.3 Å². The third kappa shape index (κ3) is 2.24. The lowest BCUT2D eigenvalue weighted by Gasteiger charge is -2.16. The van der Waals surface area contributed by atoms with E-state index in [9.17, 15) is 4.39 Å². The van der Waals surface area contributed by atoms with Crippen LogP contribution in [0.2, 0.25) is 0 Å². The number of hydrogen-bond donors (Lipinski definition) is 2. The van der Waals surface area contributed by atoms with Crippen molar-refractivity contribution in [3.05, 3.63) is 65.7 Å².